The molecule has 0 saturated carbocycles. The first-order chi connectivity index (χ1) is 8.15. The smallest absolute Gasteiger partial charge is 0.264 e. The van der Waals surface area contributed by atoms with Crippen LogP contribution in [0, 0.1) is 0 Å². The molecule has 0 amide bonds. The number of anilines is 1. The molecule has 0 aliphatic carbocycles. The van der Waals surface area contributed by atoms with Crippen molar-refractivity contribution >= 4 is 5.69 Å². The minimum Gasteiger partial charge on any atom is -0.484 e. The van der Waals surface area contributed by atoms with Crippen LogP contribution < -0.4 is 10.5 Å². The number of nitrogens with zero attached hydrogens (tertiary/aromatic N) is 2. The Morgan fingerprint density at radius 2 is 2.00 bits per heavy atom. The molecule has 1 aromatic carbocycles. The predicted molar refractivity (Wildman–Crippen MR) is 63.6 cm³/mol. The van der Waals surface area contributed by atoms with Gasteiger partial charge in [0.1, 0.15) is 5.75 Å². The quantitative estimate of drug-likeness (QED) is 0.820. The summed E-state index contributed by atoms with van der Waals surface area (Å²) in [4.78, 5) is 4.21. The molecule has 5 nitrogen and oxygen atoms in total. The highest BCUT2D eigenvalue weighted by Crippen LogP contribution is 2.15. The van der Waals surface area contributed by atoms with Crippen molar-refractivity contribution in [3.8, 4) is 5.75 Å². The van der Waals surface area contributed by atoms with E-state index in [1.807, 2.05) is 13.8 Å². The van der Waals surface area contributed by atoms with E-state index in [1.54, 1.807) is 24.3 Å². The monoisotopic (exact) mass is 233 g/mol. The number of hydrogen-bond acceptors (Lipinski definition) is 5. The molecule has 2 N–H and O–H groups in total. The molecule has 0 bridgehead atoms. The first-order valence-electron chi connectivity index (χ1n) is 5.46. The number of rotatable bonds is 4. The molecule has 0 radical (unpaired) electrons. The van der Waals surface area contributed by atoms with E-state index in [-0.39, 0.29) is 12.5 Å². The summed E-state index contributed by atoms with van der Waals surface area (Å²) in [6, 6.07) is 7.16. The average molecular weight is 233 g/mol. The lowest BCUT2D eigenvalue weighted by atomic mass is 10.2. The standard InChI is InChI=1S/C12H15N3O2/c1-8(2)12-14-11(17-15-12)7-16-10-5-3-9(13)4-6-10/h3-6,8H,7,13H2,1-2H3. The average Bonchev–Trinajstić information content (AvgIpc) is 2.77. The largest absolute Gasteiger partial charge is 0.484 e. The summed E-state index contributed by atoms with van der Waals surface area (Å²) in [5.41, 5.74) is 6.28. The zero-order valence-corrected chi connectivity index (χ0v) is 9.88. The summed E-state index contributed by atoms with van der Waals surface area (Å²) >= 11 is 0. The van der Waals surface area contributed by atoms with E-state index in [4.69, 9.17) is 15.0 Å². The van der Waals surface area contributed by atoms with Crippen LogP contribution in [0.1, 0.15) is 31.5 Å². The molecule has 0 fully saturated rings. The second-order valence-electron chi connectivity index (χ2n) is 4.06. The molecule has 0 unspecified atom stereocenters. The van der Waals surface area contributed by atoms with Crippen LogP contribution in [-0.2, 0) is 6.61 Å². The van der Waals surface area contributed by atoms with Gasteiger partial charge in [0.25, 0.3) is 5.89 Å². The van der Waals surface area contributed by atoms with Crippen molar-refractivity contribution in [2.75, 3.05) is 5.73 Å². The minimum absolute atomic E-state index is 0.254. The van der Waals surface area contributed by atoms with E-state index < -0.39 is 0 Å². The first kappa shape index (κ1) is 11.4. The number of aromatic nitrogens is 2. The minimum atomic E-state index is 0.254. The van der Waals surface area contributed by atoms with Gasteiger partial charge in [-0.05, 0) is 24.3 Å². The molecule has 0 aliphatic rings. The summed E-state index contributed by atoms with van der Waals surface area (Å²) in [6.07, 6.45) is 0. The van der Waals surface area contributed by atoms with E-state index in [9.17, 15) is 0 Å². The van der Waals surface area contributed by atoms with Crippen molar-refractivity contribution in [1.82, 2.24) is 10.1 Å². The molecule has 1 heterocycles. The lowest BCUT2D eigenvalue weighted by Gasteiger charge is -2.02. The third-order valence-electron chi connectivity index (χ3n) is 2.24. The Morgan fingerprint density at radius 1 is 1.29 bits per heavy atom. The Kier molecular flexibility index (Phi) is 3.27. The second-order valence-corrected chi connectivity index (χ2v) is 4.06. The zero-order valence-electron chi connectivity index (χ0n) is 9.88. The van der Waals surface area contributed by atoms with Crippen LogP contribution in [0.25, 0.3) is 0 Å². The van der Waals surface area contributed by atoms with Gasteiger partial charge < -0.3 is 15.0 Å². The van der Waals surface area contributed by atoms with Crippen molar-refractivity contribution in [2.45, 2.75) is 26.4 Å². The fraction of sp³-hybridized carbons (Fsp3) is 0.333. The Morgan fingerprint density at radius 3 is 2.59 bits per heavy atom. The molecular weight excluding hydrogens is 218 g/mol. The van der Waals surface area contributed by atoms with Crippen molar-refractivity contribution < 1.29 is 9.26 Å². The molecular formula is C12H15N3O2. The van der Waals surface area contributed by atoms with E-state index in [1.165, 1.54) is 0 Å². The van der Waals surface area contributed by atoms with E-state index in [2.05, 4.69) is 10.1 Å². The third kappa shape index (κ3) is 2.96. The Balaban J connectivity index is 1.95. The number of hydrogen-bond donors (Lipinski definition) is 1. The van der Waals surface area contributed by atoms with Crippen LogP contribution in [0.5, 0.6) is 5.75 Å². The fourth-order valence-electron chi connectivity index (χ4n) is 1.27. The maximum atomic E-state index is 5.57. The van der Waals surface area contributed by atoms with Gasteiger partial charge in [-0.1, -0.05) is 19.0 Å². The van der Waals surface area contributed by atoms with Crippen molar-refractivity contribution in [2.24, 2.45) is 0 Å². The molecule has 2 rings (SSSR count). The van der Waals surface area contributed by atoms with Crippen molar-refractivity contribution in [3.63, 3.8) is 0 Å². The molecule has 0 saturated heterocycles. The summed E-state index contributed by atoms with van der Waals surface area (Å²) in [5, 5.41) is 3.86. The summed E-state index contributed by atoms with van der Waals surface area (Å²) in [5.74, 6) is 2.15. The van der Waals surface area contributed by atoms with Crippen LogP contribution in [0.4, 0.5) is 5.69 Å². The zero-order chi connectivity index (χ0) is 12.3. The van der Waals surface area contributed by atoms with Gasteiger partial charge in [-0.3, -0.25) is 0 Å². The predicted octanol–water partition coefficient (Wildman–Crippen LogP) is 2.35. The highest BCUT2D eigenvalue weighted by Gasteiger charge is 2.09. The summed E-state index contributed by atoms with van der Waals surface area (Å²) in [6.45, 7) is 4.29. The van der Waals surface area contributed by atoms with E-state index in [0.717, 1.165) is 5.75 Å². The van der Waals surface area contributed by atoms with Gasteiger partial charge in [0.15, 0.2) is 12.4 Å². The van der Waals surface area contributed by atoms with Gasteiger partial charge in [-0.15, -0.1) is 0 Å². The highest BCUT2D eigenvalue weighted by molar-refractivity contribution is 5.41. The van der Waals surface area contributed by atoms with E-state index in [0.29, 0.717) is 17.4 Å². The van der Waals surface area contributed by atoms with Gasteiger partial charge in [-0.2, -0.15) is 4.98 Å². The normalized spacial score (nSPS) is 10.8. The summed E-state index contributed by atoms with van der Waals surface area (Å²) < 4.78 is 10.5. The Bertz CT molecular complexity index is 477. The van der Waals surface area contributed by atoms with Gasteiger partial charge in [0.2, 0.25) is 0 Å². The maximum absolute atomic E-state index is 5.57. The molecule has 2 aromatic rings. The van der Waals surface area contributed by atoms with Gasteiger partial charge in [0, 0.05) is 11.6 Å². The Labute approximate surface area is 99.6 Å². The van der Waals surface area contributed by atoms with Crippen LogP contribution in [0.15, 0.2) is 28.8 Å². The van der Waals surface area contributed by atoms with E-state index >= 15 is 0 Å². The SMILES string of the molecule is CC(C)c1noc(COc2ccc(N)cc2)n1. The molecule has 0 aliphatic heterocycles. The molecule has 90 valence electrons. The van der Waals surface area contributed by atoms with Crippen LogP contribution in [-0.4, -0.2) is 10.1 Å². The lowest BCUT2D eigenvalue weighted by molar-refractivity contribution is 0.242. The highest BCUT2D eigenvalue weighted by atomic mass is 16.5. The topological polar surface area (TPSA) is 74.2 Å². The maximum Gasteiger partial charge on any atom is 0.264 e. The number of ether oxygens (including phenoxy) is 1. The van der Waals surface area contributed by atoms with Gasteiger partial charge >= 0.3 is 0 Å². The van der Waals surface area contributed by atoms with Gasteiger partial charge in [0.05, 0.1) is 0 Å². The molecule has 0 atom stereocenters. The lowest BCUT2D eigenvalue weighted by Crippen LogP contribution is -1.97. The third-order valence-corrected chi connectivity index (χ3v) is 2.24. The fourth-order valence-corrected chi connectivity index (χ4v) is 1.27. The first-order valence-corrected chi connectivity index (χ1v) is 5.46. The molecule has 17 heavy (non-hydrogen) atoms. The van der Waals surface area contributed by atoms with Gasteiger partial charge in [-0.25, -0.2) is 0 Å². The number of nitrogen functional groups attached to an aromatic ring is 1. The van der Waals surface area contributed by atoms with Crippen LogP contribution >= 0.6 is 0 Å². The Hall–Kier alpha value is -2.04. The number of nitrogens with two attached hydrogens (primary N) is 1. The van der Waals surface area contributed by atoms with Crippen LogP contribution in [0.2, 0.25) is 0 Å². The van der Waals surface area contributed by atoms with Crippen molar-refractivity contribution in [1.29, 1.82) is 0 Å². The number of benzene rings is 1. The van der Waals surface area contributed by atoms with Crippen molar-refractivity contribution in [3.05, 3.63) is 36.0 Å². The molecule has 5 heteroatoms. The second kappa shape index (κ2) is 4.86. The summed E-state index contributed by atoms with van der Waals surface area (Å²) in [7, 11) is 0. The van der Waals surface area contributed by atoms with Crippen LogP contribution in [0.3, 0.4) is 0 Å². The molecule has 1 aromatic heterocycles. The molecule has 0 spiro atoms.